The van der Waals surface area contributed by atoms with Crippen molar-refractivity contribution in [3.05, 3.63) is 12.2 Å². The fourth-order valence-corrected chi connectivity index (χ4v) is 11.6. The normalized spacial score (nSPS) is 12.5. The van der Waals surface area contributed by atoms with Crippen LogP contribution in [0.1, 0.15) is 412 Å². The first-order valence-electron chi connectivity index (χ1n) is 35.9. The summed E-state index contributed by atoms with van der Waals surface area (Å²) in [6, 6.07) is -0.537. The van der Waals surface area contributed by atoms with Crippen LogP contribution in [0.2, 0.25) is 0 Å². The topological polar surface area (TPSA) is 95.9 Å². The summed E-state index contributed by atoms with van der Waals surface area (Å²) in [6.07, 6.45) is 84.2. The molecule has 0 bridgehead atoms. The predicted molar refractivity (Wildman–Crippen MR) is 343 cm³/mol. The number of rotatable bonds is 68. The van der Waals surface area contributed by atoms with Gasteiger partial charge in [-0.25, -0.2) is 0 Å². The molecule has 0 rings (SSSR count). The Hall–Kier alpha value is -1.40. The van der Waals surface area contributed by atoms with Gasteiger partial charge in [0.2, 0.25) is 5.91 Å². The van der Waals surface area contributed by atoms with E-state index in [0.717, 1.165) is 44.9 Å². The van der Waals surface area contributed by atoms with E-state index in [0.29, 0.717) is 25.9 Å². The van der Waals surface area contributed by atoms with E-state index in [1.807, 2.05) is 0 Å². The van der Waals surface area contributed by atoms with E-state index in [-0.39, 0.29) is 18.5 Å². The lowest BCUT2D eigenvalue weighted by atomic mass is 10.0. The summed E-state index contributed by atoms with van der Waals surface area (Å²) in [6.45, 7) is 4.96. The first-order valence-corrected chi connectivity index (χ1v) is 35.9. The lowest BCUT2D eigenvalue weighted by molar-refractivity contribution is -0.143. The van der Waals surface area contributed by atoms with Crippen LogP contribution in [0.25, 0.3) is 0 Å². The van der Waals surface area contributed by atoms with Gasteiger partial charge < -0.3 is 20.3 Å². The van der Waals surface area contributed by atoms with Gasteiger partial charge in [0.15, 0.2) is 0 Å². The number of amides is 1. The van der Waals surface area contributed by atoms with Gasteiger partial charge in [-0.2, -0.15) is 0 Å². The minimum absolute atomic E-state index is 0.0113. The van der Waals surface area contributed by atoms with Crippen LogP contribution in [0.15, 0.2) is 12.2 Å². The number of hydrogen-bond acceptors (Lipinski definition) is 5. The smallest absolute Gasteiger partial charge is 0.305 e. The average Bonchev–Trinajstić information content (AvgIpc) is 3.44. The van der Waals surface area contributed by atoms with Crippen LogP contribution in [0.4, 0.5) is 0 Å². The van der Waals surface area contributed by atoms with Gasteiger partial charge in [-0.3, -0.25) is 9.59 Å². The van der Waals surface area contributed by atoms with E-state index in [1.165, 1.54) is 334 Å². The Morgan fingerprint density at radius 3 is 0.949 bits per heavy atom. The first-order chi connectivity index (χ1) is 38.5. The highest BCUT2D eigenvalue weighted by molar-refractivity contribution is 5.76. The van der Waals surface area contributed by atoms with Crippen molar-refractivity contribution in [2.24, 2.45) is 0 Å². The Labute approximate surface area is 489 Å². The maximum absolute atomic E-state index is 12.5. The molecule has 464 valence electrons. The number of allylic oxidation sites excluding steroid dienone is 2. The summed E-state index contributed by atoms with van der Waals surface area (Å²) in [7, 11) is 0. The van der Waals surface area contributed by atoms with Crippen LogP contribution in [0, 0.1) is 0 Å². The van der Waals surface area contributed by atoms with Gasteiger partial charge in [0.05, 0.1) is 25.4 Å². The van der Waals surface area contributed by atoms with Gasteiger partial charge in [-0.1, -0.05) is 366 Å². The van der Waals surface area contributed by atoms with E-state index in [4.69, 9.17) is 4.74 Å². The van der Waals surface area contributed by atoms with Crippen LogP contribution in [0.5, 0.6) is 0 Å². The van der Waals surface area contributed by atoms with Crippen molar-refractivity contribution in [3.8, 4) is 0 Å². The van der Waals surface area contributed by atoms with E-state index < -0.39 is 12.1 Å². The Morgan fingerprint density at radius 2 is 0.615 bits per heavy atom. The molecule has 2 atom stereocenters. The zero-order valence-corrected chi connectivity index (χ0v) is 53.2. The van der Waals surface area contributed by atoms with E-state index in [2.05, 4.69) is 31.3 Å². The molecule has 0 spiro atoms. The Bertz CT molecular complexity index is 1180. The molecule has 0 aliphatic heterocycles. The molecule has 0 fully saturated rings. The molecular formula is C72H141NO5. The van der Waals surface area contributed by atoms with Crippen molar-refractivity contribution in [2.75, 3.05) is 13.2 Å². The fourth-order valence-electron chi connectivity index (χ4n) is 11.6. The molecule has 0 saturated carbocycles. The van der Waals surface area contributed by atoms with Crippen molar-refractivity contribution in [1.29, 1.82) is 0 Å². The van der Waals surface area contributed by atoms with Crippen LogP contribution >= 0.6 is 0 Å². The third kappa shape index (κ3) is 63.8. The van der Waals surface area contributed by atoms with Crippen LogP contribution in [-0.2, 0) is 14.3 Å². The minimum Gasteiger partial charge on any atom is -0.466 e. The summed E-state index contributed by atoms with van der Waals surface area (Å²) in [5.74, 6) is -0.0147. The van der Waals surface area contributed by atoms with E-state index >= 15 is 0 Å². The third-order valence-corrected chi connectivity index (χ3v) is 17.1. The maximum Gasteiger partial charge on any atom is 0.305 e. The molecule has 6 nitrogen and oxygen atoms in total. The van der Waals surface area contributed by atoms with Gasteiger partial charge in [-0.05, 0) is 44.9 Å². The second-order valence-electron chi connectivity index (χ2n) is 24.9. The highest BCUT2D eigenvalue weighted by Crippen LogP contribution is 2.20. The molecule has 0 heterocycles. The molecule has 0 aromatic rings. The SMILES string of the molecule is CCCC/C=C\CCCCCCCC(=O)OCCCCCCCCCCCCCCCCCCCCCCCCCCCCCCCCCCCC(=O)NC(CO)C(O)CCCCCCCCCCCCCCCCCCC. The molecule has 6 heteroatoms. The molecule has 1 amide bonds. The molecule has 78 heavy (non-hydrogen) atoms. The highest BCUT2D eigenvalue weighted by atomic mass is 16.5. The standard InChI is InChI=1S/C72H141NO5/c1-3-5-7-9-11-13-15-16-17-35-38-41-45-48-52-56-60-64-70(75)69(68-74)73-71(76)65-61-57-53-49-46-42-39-36-33-31-29-27-25-23-21-19-18-20-22-24-26-28-30-32-34-37-40-43-47-51-55-59-63-67-78-72(77)66-62-58-54-50-44-14-12-10-8-6-4-2/h10,12,69-70,74-75H,3-9,11,13-68H2,1-2H3,(H,73,76)/b12-10-. The lowest BCUT2D eigenvalue weighted by Crippen LogP contribution is -2.45. The number of aliphatic hydroxyl groups is 2. The number of hydrogen-bond donors (Lipinski definition) is 3. The molecule has 0 aliphatic carbocycles. The summed E-state index contributed by atoms with van der Waals surface area (Å²) in [4.78, 5) is 24.5. The number of nitrogens with one attached hydrogen (secondary N) is 1. The van der Waals surface area contributed by atoms with E-state index in [1.54, 1.807) is 0 Å². The number of unbranched alkanes of at least 4 members (excludes halogenated alkanes) is 55. The van der Waals surface area contributed by atoms with Crippen molar-refractivity contribution < 1.29 is 24.5 Å². The Kier molecular flexibility index (Phi) is 66.9. The van der Waals surface area contributed by atoms with Gasteiger partial charge >= 0.3 is 5.97 Å². The summed E-state index contributed by atoms with van der Waals surface area (Å²) in [5.41, 5.74) is 0. The second-order valence-corrected chi connectivity index (χ2v) is 24.9. The van der Waals surface area contributed by atoms with Crippen molar-refractivity contribution in [2.45, 2.75) is 424 Å². The number of aliphatic hydroxyl groups excluding tert-OH is 2. The lowest BCUT2D eigenvalue weighted by Gasteiger charge is -2.22. The third-order valence-electron chi connectivity index (χ3n) is 17.1. The minimum atomic E-state index is -0.660. The largest absolute Gasteiger partial charge is 0.466 e. The number of esters is 1. The predicted octanol–water partition coefficient (Wildman–Crippen LogP) is 23.1. The van der Waals surface area contributed by atoms with Gasteiger partial charge in [0, 0.05) is 12.8 Å². The zero-order valence-electron chi connectivity index (χ0n) is 53.2. The average molecular weight is 1100 g/mol. The van der Waals surface area contributed by atoms with E-state index in [9.17, 15) is 19.8 Å². The van der Waals surface area contributed by atoms with Gasteiger partial charge in [0.1, 0.15) is 0 Å². The van der Waals surface area contributed by atoms with Crippen molar-refractivity contribution in [1.82, 2.24) is 5.32 Å². The molecule has 2 unspecified atom stereocenters. The fraction of sp³-hybridized carbons (Fsp3) is 0.944. The Balaban J connectivity index is 3.31. The summed E-state index contributed by atoms with van der Waals surface area (Å²) in [5, 5.41) is 23.4. The van der Waals surface area contributed by atoms with Crippen LogP contribution in [0.3, 0.4) is 0 Å². The highest BCUT2D eigenvalue weighted by Gasteiger charge is 2.20. The number of carbonyl (C=O) groups is 2. The van der Waals surface area contributed by atoms with Gasteiger partial charge in [-0.15, -0.1) is 0 Å². The molecule has 0 aliphatic rings. The first kappa shape index (κ1) is 76.6. The summed E-state index contributed by atoms with van der Waals surface area (Å²) < 4.78 is 5.47. The molecule has 0 radical (unpaired) electrons. The second kappa shape index (κ2) is 68.1. The number of ether oxygens (including phenoxy) is 1. The van der Waals surface area contributed by atoms with Crippen molar-refractivity contribution >= 4 is 11.9 Å². The maximum atomic E-state index is 12.5. The molecule has 0 aromatic heterocycles. The molecule has 0 aromatic carbocycles. The Morgan fingerprint density at radius 1 is 0.346 bits per heavy atom. The molecule has 0 saturated heterocycles. The monoisotopic (exact) mass is 1100 g/mol. The molecular weight excluding hydrogens is 959 g/mol. The summed E-state index contributed by atoms with van der Waals surface area (Å²) >= 11 is 0. The van der Waals surface area contributed by atoms with Crippen molar-refractivity contribution in [3.63, 3.8) is 0 Å². The zero-order chi connectivity index (χ0) is 56.4. The van der Waals surface area contributed by atoms with Crippen LogP contribution in [-0.4, -0.2) is 47.4 Å². The quantitative estimate of drug-likeness (QED) is 0.0320. The molecule has 3 N–H and O–H groups in total. The number of carbonyl (C=O) groups excluding carboxylic acids is 2. The van der Waals surface area contributed by atoms with Crippen LogP contribution < -0.4 is 5.32 Å². The van der Waals surface area contributed by atoms with Gasteiger partial charge in [0.25, 0.3) is 0 Å².